The largest absolute Gasteiger partial charge is 0.472 e. The third-order valence-corrected chi connectivity index (χ3v) is 13.9. The standard InChI is InChI=1S/C61H105O12P/c1-3-5-7-9-11-13-15-17-19-21-23-25-27-29-31-33-35-37-39-41-43-45-47-49-51-70-52-54(53-71-74(68,69)73-61-59(66)57(64)56(63)58(65)60(61)67)72-55(62)50-48-46-44-42-40-38-36-34-32-30-28-26-24-22-20-18-16-14-12-10-8-6-4-2/h5,7,11,13,16-19,22-25,28-31,54,56-61,63-67H,3-4,6,8-10,12,14-15,20-21,26-27,32-53H2,1-2H3,(H,68,69)/b7-5-,13-11-,18-16-,19-17-,24-22-,25-23-,30-28-,31-29-. The first-order chi connectivity index (χ1) is 36.0. The maximum absolute atomic E-state index is 12.9. The lowest BCUT2D eigenvalue weighted by Crippen LogP contribution is -2.64. The molecule has 0 bridgehead atoms. The van der Waals surface area contributed by atoms with Crippen molar-refractivity contribution >= 4 is 13.8 Å². The van der Waals surface area contributed by atoms with Crippen molar-refractivity contribution in [3.63, 3.8) is 0 Å². The van der Waals surface area contributed by atoms with Gasteiger partial charge in [0.2, 0.25) is 0 Å². The summed E-state index contributed by atoms with van der Waals surface area (Å²) in [7, 11) is -5.04. The smallest absolute Gasteiger partial charge is 0.457 e. The van der Waals surface area contributed by atoms with Gasteiger partial charge in [0.25, 0.3) is 0 Å². The van der Waals surface area contributed by atoms with Crippen LogP contribution in [-0.4, -0.2) is 98.9 Å². The van der Waals surface area contributed by atoms with Crippen molar-refractivity contribution in [1.82, 2.24) is 0 Å². The number of phosphoric acid groups is 1. The molecule has 6 unspecified atom stereocenters. The molecule has 0 aromatic rings. The summed E-state index contributed by atoms with van der Waals surface area (Å²) < 4.78 is 34.4. The Balaban J connectivity index is 2.31. The van der Waals surface area contributed by atoms with Gasteiger partial charge in [-0.15, -0.1) is 0 Å². The maximum Gasteiger partial charge on any atom is 0.472 e. The summed E-state index contributed by atoms with van der Waals surface area (Å²) in [6.07, 6.45) is 57.5. The van der Waals surface area contributed by atoms with Gasteiger partial charge in [0.1, 0.15) is 42.7 Å². The first-order valence-corrected chi connectivity index (χ1v) is 30.6. The van der Waals surface area contributed by atoms with E-state index in [1.165, 1.54) is 83.5 Å². The lowest BCUT2D eigenvalue weighted by molar-refractivity contribution is -0.220. The molecule has 0 aliphatic heterocycles. The molecule has 6 N–H and O–H groups in total. The molecular formula is C61H105O12P. The Kier molecular flexibility index (Phi) is 46.6. The minimum Gasteiger partial charge on any atom is -0.457 e. The number of unbranched alkanes of at least 4 members (excludes halogenated alkanes) is 21. The molecule has 0 spiro atoms. The number of aliphatic hydroxyl groups is 5. The number of ether oxygens (including phenoxy) is 2. The minimum absolute atomic E-state index is 0.0913. The van der Waals surface area contributed by atoms with Crippen molar-refractivity contribution in [2.45, 2.75) is 262 Å². The van der Waals surface area contributed by atoms with Gasteiger partial charge in [0.15, 0.2) is 0 Å². The Morgan fingerprint density at radius 1 is 0.446 bits per heavy atom. The number of aliphatic hydroxyl groups excluding tert-OH is 5. The molecule has 0 aromatic heterocycles. The first kappa shape index (κ1) is 69.3. The Bertz CT molecular complexity index is 1590. The van der Waals surface area contributed by atoms with Crippen molar-refractivity contribution in [2.24, 2.45) is 0 Å². The molecule has 1 rings (SSSR count). The lowest BCUT2D eigenvalue weighted by atomic mass is 9.85. The van der Waals surface area contributed by atoms with E-state index in [0.29, 0.717) is 13.0 Å². The number of carbonyl (C=O) groups is 1. The molecule has 0 amide bonds. The molecule has 0 radical (unpaired) electrons. The zero-order valence-corrected chi connectivity index (χ0v) is 47.0. The predicted octanol–water partition coefficient (Wildman–Crippen LogP) is 14.2. The fourth-order valence-electron chi connectivity index (χ4n) is 8.39. The van der Waals surface area contributed by atoms with Crippen LogP contribution in [0.1, 0.15) is 219 Å². The highest BCUT2D eigenvalue weighted by Crippen LogP contribution is 2.47. The van der Waals surface area contributed by atoms with Crippen LogP contribution in [-0.2, 0) is 27.9 Å². The molecule has 74 heavy (non-hydrogen) atoms. The molecule has 13 heteroatoms. The maximum atomic E-state index is 12.9. The predicted molar refractivity (Wildman–Crippen MR) is 304 cm³/mol. The average Bonchev–Trinajstić information content (AvgIpc) is 3.39. The van der Waals surface area contributed by atoms with Gasteiger partial charge >= 0.3 is 13.8 Å². The van der Waals surface area contributed by atoms with E-state index in [1.807, 2.05) is 0 Å². The number of hydrogen-bond acceptors (Lipinski definition) is 11. The summed E-state index contributed by atoms with van der Waals surface area (Å²) in [4.78, 5) is 23.3. The van der Waals surface area contributed by atoms with Crippen molar-refractivity contribution in [3.05, 3.63) is 97.2 Å². The molecular weight excluding hydrogens is 956 g/mol. The van der Waals surface area contributed by atoms with E-state index in [2.05, 4.69) is 111 Å². The second kappa shape index (κ2) is 49.8. The normalized spacial score (nSPS) is 21.1. The van der Waals surface area contributed by atoms with Crippen LogP contribution in [0.2, 0.25) is 0 Å². The van der Waals surface area contributed by atoms with Gasteiger partial charge < -0.3 is 39.9 Å². The lowest BCUT2D eigenvalue weighted by Gasteiger charge is -2.41. The minimum atomic E-state index is -5.04. The van der Waals surface area contributed by atoms with E-state index in [1.54, 1.807) is 0 Å². The van der Waals surface area contributed by atoms with Crippen LogP contribution < -0.4 is 0 Å². The van der Waals surface area contributed by atoms with Crippen LogP contribution in [0, 0.1) is 0 Å². The molecule has 1 fully saturated rings. The Morgan fingerprint density at radius 2 is 0.797 bits per heavy atom. The molecule has 1 saturated carbocycles. The number of phosphoric ester groups is 1. The van der Waals surface area contributed by atoms with Gasteiger partial charge in [0.05, 0.1) is 13.2 Å². The second-order valence-corrected chi connectivity index (χ2v) is 21.2. The molecule has 1 aliphatic rings. The molecule has 6 atom stereocenters. The monoisotopic (exact) mass is 1060 g/mol. The van der Waals surface area contributed by atoms with Crippen LogP contribution >= 0.6 is 7.82 Å². The Labute approximate surface area is 449 Å². The average molecular weight is 1060 g/mol. The van der Waals surface area contributed by atoms with Crippen LogP contribution in [0.5, 0.6) is 0 Å². The van der Waals surface area contributed by atoms with Gasteiger partial charge in [-0.3, -0.25) is 13.8 Å². The third kappa shape index (κ3) is 40.5. The number of esters is 1. The summed E-state index contributed by atoms with van der Waals surface area (Å²) in [5, 5.41) is 50.5. The fourth-order valence-corrected chi connectivity index (χ4v) is 9.36. The van der Waals surface area contributed by atoms with Gasteiger partial charge in [0, 0.05) is 13.0 Å². The van der Waals surface area contributed by atoms with E-state index >= 15 is 0 Å². The van der Waals surface area contributed by atoms with Crippen molar-refractivity contribution < 1.29 is 58.3 Å². The van der Waals surface area contributed by atoms with E-state index in [0.717, 1.165) is 109 Å². The molecule has 0 heterocycles. The van der Waals surface area contributed by atoms with Crippen LogP contribution in [0.15, 0.2) is 97.2 Å². The van der Waals surface area contributed by atoms with Crippen LogP contribution in [0.25, 0.3) is 0 Å². The van der Waals surface area contributed by atoms with Crippen LogP contribution in [0.4, 0.5) is 0 Å². The number of carbonyl (C=O) groups excluding carboxylic acids is 1. The van der Waals surface area contributed by atoms with E-state index in [4.69, 9.17) is 18.5 Å². The van der Waals surface area contributed by atoms with Crippen molar-refractivity contribution in [2.75, 3.05) is 19.8 Å². The Morgan fingerprint density at radius 3 is 1.22 bits per heavy atom. The molecule has 12 nitrogen and oxygen atoms in total. The third-order valence-electron chi connectivity index (χ3n) is 12.9. The van der Waals surface area contributed by atoms with Crippen molar-refractivity contribution in [1.29, 1.82) is 0 Å². The number of rotatable bonds is 49. The summed E-state index contributed by atoms with van der Waals surface area (Å²) in [6, 6.07) is 0. The zero-order valence-electron chi connectivity index (χ0n) is 46.1. The SMILES string of the molecule is CC/C=C\C/C=C\C/C=C\C/C=C\C/C=C\CCCCCCCCCCOCC(COP(=O)(O)OC1C(O)C(O)C(O)C(O)C1O)OC(=O)CCCCCCCCCC/C=C\C/C=C\C/C=C\CCCCCCC. The molecule has 426 valence electrons. The highest BCUT2D eigenvalue weighted by atomic mass is 31.2. The zero-order chi connectivity index (χ0) is 54.0. The highest BCUT2D eigenvalue weighted by Gasteiger charge is 2.51. The highest BCUT2D eigenvalue weighted by molar-refractivity contribution is 7.47. The van der Waals surface area contributed by atoms with E-state index in [-0.39, 0.29) is 13.0 Å². The summed E-state index contributed by atoms with van der Waals surface area (Å²) in [6.45, 7) is 4.12. The first-order valence-electron chi connectivity index (χ1n) is 29.1. The second-order valence-electron chi connectivity index (χ2n) is 19.8. The Hall–Kier alpha value is -2.74. The number of hydrogen-bond donors (Lipinski definition) is 6. The molecule has 0 saturated heterocycles. The van der Waals surface area contributed by atoms with Gasteiger partial charge in [-0.25, -0.2) is 4.57 Å². The van der Waals surface area contributed by atoms with Crippen LogP contribution in [0.3, 0.4) is 0 Å². The quantitative estimate of drug-likeness (QED) is 0.0146. The summed E-state index contributed by atoms with van der Waals surface area (Å²) >= 11 is 0. The fraction of sp³-hybridized carbons (Fsp3) is 0.721. The van der Waals surface area contributed by atoms with Gasteiger partial charge in [-0.2, -0.15) is 0 Å². The summed E-state index contributed by atoms with van der Waals surface area (Å²) in [5.41, 5.74) is 0. The molecule has 0 aromatic carbocycles. The number of allylic oxidation sites excluding steroid dienone is 16. The van der Waals surface area contributed by atoms with Gasteiger partial charge in [-0.05, 0) is 96.3 Å². The molecule has 1 aliphatic carbocycles. The van der Waals surface area contributed by atoms with Crippen molar-refractivity contribution in [3.8, 4) is 0 Å². The van der Waals surface area contributed by atoms with Gasteiger partial charge in [-0.1, -0.05) is 214 Å². The topological polar surface area (TPSA) is 192 Å². The van der Waals surface area contributed by atoms with E-state index in [9.17, 15) is 39.8 Å². The van der Waals surface area contributed by atoms with E-state index < -0.39 is 63.1 Å². The summed E-state index contributed by atoms with van der Waals surface area (Å²) in [5.74, 6) is -0.490.